The van der Waals surface area contributed by atoms with Crippen LogP contribution < -0.4 is 15.0 Å². The fraction of sp³-hybridized carbons (Fsp3) is 0.273. The van der Waals surface area contributed by atoms with E-state index in [1.54, 1.807) is 25.2 Å². The highest BCUT2D eigenvalue weighted by molar-refractivity contribution is 7.91. The second-order valence-corrected chi connectivity index (χ2v) is 5.67. The molecule has 108 valence electrons. The van der Waals surface area contributed by atoms with E-state index >= 15 is 0 Å². The van der Waals surface area contributed by atoms with Crippen LogP contribution in [0.4, 0.5) is 0 Å². The smallest absolute Gasteiger partial charge is 0.415 e. The largest absolute Gasteiger partial charge is 0.453 e. The zero-order valence-corrected chi connectivity index (χ0v) is 11.5. The van der Waals surface area contributed by atoms with Crippen molar-refractivity contribution in [3.05, 3.63) is 35.5 Å². The molecule has 8 nitrogen and oxygen atoms in total. The molecular weight excluding hydrogens is 286 g/mol. The van der Waals surface area contributed by atoms with E-state index in [0.29, 0.717) is 6.54 Å². The second-order valence-electron chi connectivity index (χ2n) is 3.81. The lowest BCUT2D eigenvalue weighted by Gasteiger charge is -2.02. The standard InChI is InChI=1S/C11H13N3O5S/c1-12-7-8-18-10-11(14(15)19-13-10)20(16,17)9-5-3-2-4-6-9/h2-6,12H,7-8H2,1H3. The van der Waals surface area contributed by atoms with Crippen molar-refractivity contribution in [1.29, 1.82) is 0 Å². The van der Waals surface area contributed by atoms with Crippen LogP contribution >= 0.6 is 0 Å². The topological polar surface area (TPSA) is 108 Å². The van der Waals surface area contributed by atoms with E-state index in [4.69, 9.17) is 4.74 Å². The fourth-order valence-corrected chi connectivity index (χ4v) is 2.78. The molecule has 0 radical (unpaired) electrons. The van der Waals surface area contributed by atoms with Gasteiger partial charge in [0.05, 0.1) is 10.1 Å². The number of hydrogen-bond donors (Lipinski definition) is 1. The number of nitrogens with zero attached hydrogens (tertiary/aromatic N) is 2. The molecule has 1 heterocycles. The van der Waals surface area contributed by atoms with Crippen LogP contribution in [0.3, 0.4) is 0 Å². The first kappa shape index (κ1) is 14.3. The lowest BCUT2D eigenvalue weighted by Crippen LogP contribution is -2.31. The molecule has 0 spiro atoms. The van der Waals surface area contributed by atoms with Gasteiger partial charge in [0, 0.05) is 6.54 Å². The van der Waals surface area contributed by atoms with Crippen molar-refractivity contribution in [3.63, 3.8) is 0 Å². The highest BCUT2D eigenvalue weighted by atomic mass is 32.2. The molecule has 0 unspecified atom stereocenters. The summed E-state index contributed by atoms with van der Waals surface area (Å²) in [4.78, 5) is -0.205. The summed E-state index contributed by atoms with van der Waals surface area (Å²) in [5.41, 5.74) is 0. The van der Waals surface area contributed by atoms with Gasteiger partial charge in [-0.1, -0.05) is 18.2 Å². The van der Waals surface area contributed by atoms with Crippen LogP contribution in [0.25, 0.3) is 0 Å². The first-order valence-electron chi connectivity index (χ1n) is 5.74. The van der Waals surface area contributed by atoms with Crippen molar-refractivity contribution < 1.29 is 22.7 Å². The van der Waals surface area contributed by atoms with Crippen molar-refractivity contribution in [3.8, 4) is 5.88 Å². The summed E-state index contributed by atoms with van der Waals surface area (Å²) in [6.07, 6.45) is 0. The van der Waals surface area contributed by atoms with Gasteiger partial charge in [-0.2, -0.15) is 0 Å². The molecule has 0 aliphatic carbocycles. The number of aromatic nitrogens is 2. The van der Waals surface area contributed by atoms with Crippen LogP contribution in [0.2, 0.25) is 0 Å². The highest BCUT2D eigenvalue weighted by Crippen LogP contribution is 2.24. The molecule has 20 heavy (non-hydrogen) atoms. The van der Waals surface area contributed by atoms with Gasteiger partial charge in [0.2, 0.25) is 0 Å². The number of hydrogen-bond acceptors (Lipinski definition) is 7. The molecule has 0 bridgehead atoms. The lowest BCUT2D eigenvalue weighted by molar-refractivity contribution is -0.832. The van der Waals surface area contributed by atoms with Crippen molar-refractivity contribution in [2.45, 2.75) is 9.92 Å². The van der Waals surface area contributed by atoms with E-state index in [-0.39, 0.29) is 22.3 Å². The Kier molecular flexibility index (Phi) is 4.20. The molecule has 2 aromatic rings. The van der Waals surface area contributed by atoms with Gasteiger partial charge in [-0.3, -0.25) is 4.63 Å². The lowest BCUT2D eigenvalue weighted by atomic mass is 10.4. The quantitative estimate of drug-likeness (QED) is 0.578. The molecule has 1 N–H and O–H groups in total. The van der Waals surface area contributed by atoms with Gasteiger partial charge in [0.15, 0.2) is 0 Å². The molecule has 0 amide bonds. The molecule has 9 heteroatoms. The molecular formula is C11H13N3O5S. The van der Waals surface area contributed by atoms with E-state index in [1.165, 1.54) is 12.1 Å². The summed E-state index contributed by atoms with van der Waals surface area (Å²) in [5.74, 6) is -0.348. The number of benzene rings is 1. The average Bonchev–Trinajstić information content (AvgIpc) is 2.82. The van der Waals surface area contributed by atoms with Crippen LogP contribution in [-0.4, -0.2) is 33.8 Å². The predicted octanol–water partition coefficient (Wildman–Crippen LogP) is -0.261. The number of nitrogens with one attached hydrogen (secondary N) is 1. The summed E-state index contributed by atoms with van der Waals surface area (Å²) in [7, 11) is -2.34. The number of sulfone groups is 1. The van der Waals surface area contributed by atoms with Crippen LogP contribution in [0.5, 0.6) is 5.88 Å². The Labute approximate surface area is 115 Å². The maximum atomic E-state index is 12.4. The molecule has 0 saturated heterocycles. The third-order valence-corrected chi connectivity index (χ3v) is 4.17. The Morgan fingerprint density at radius 1 is 1.40 bits per heavy atom. The summed E-state index contributed by atoms with van der Waals surface area (Å²) in [6, 6.07) is 7.52. The Hall–Kier alpha value is -2.13. The van der Waals surface area contributed by atoms with Crippen molar-refractivity contribution in [2.24, 2.45) is 0 Å². The molecule has 1 aromatic heterocycles. The van der Waals surface area contributed by atoms with Crippen molar-refractivity contribution >= 4 is 9.84 Å². The van der Waals surface area contributed by atoms with E-state index in [9.17, 15) is 13.6 Å². The molecule has 0 aliphatic rings. The summed E-state index contributed by atoms with van der Waals surface area (Å²) in [6.45, 7) is 0.622. The fourth-order valence-electron chi connectivity index (χ4n) is 1.49. The molecule has 1 aromatic carbocycles. The van der Waals surface area contributed by atoms with Gasteiger partial charge < -0.3 is 15.3 Å². The predicted molar refractivity (Wildman–Crippen MR) is 66.8 cm³/mol. The SMILES string of the molecule is CNCCOc1no[n+]([O-])c1S(=O)(=O)c1ccccc1. The maximum absolute atomic E-state index is 12.4. The van der Waals surface area contributed by atoms with Crippen LogP contribution in [0, 0.1) is 5.21 Å². The number of likely N-dealkylation sites (N-methyl/N-ethyl adjacent to an activating group) is 1. The van der Waals surface area contributed by atoms with E-state index < -0.39 is 14.9 Å². The van der Waals surface area contributed by atoms with Gasteiger partial charge in [-0.15, -0.1) is 0 Å². The first-order valence-corrected chi connectivity index (χ1v) is 7.23. The minimum Gasteiger partial charge on any atom is -0.453 e. The summed E-state index contributed by atoms with van der Waals surface area (Å²) >= 11 is 0. The van der Waals surface area contributed by atoms with Gasteiger partial charge in [0.25, 0.3) is 9.84 Å². The Balaban J connectivity index is 2.39. The molecule has 2 rings (SSSR count). The normalized spacial score (nSPS) is 11.4. The van der Waals surface area contributed by atoms with Crippen molar-refractivity contribution in [1.82, 2.24) is 10.5 Å². The molecule has 0 aliphatic heterocycles. The zero-order chi connectivity index (χ0) is 14.6. The Morgan fingerprint density at radius 2 is 2.10 bits per heavy atom. The van der Waals surface area contributed by atoms with Crippen LogP contribution in [-0.2, 0) is 9.84 Å². The van der Waals surface area contributed by atoms with Gasteiger partial charge in [-0.05, 0) is 24.1 Å². The second kappa shape index (κ2) is 5.88. The molecule has 0 saturated carbocycles. The van der Waals surface area contributed by atoms with Gasteiger partial charge in [-0.25, -0.2) is 8.42 Å². The van der Waals surface area contributed by atoms with Crippen LogP contribution in [0.1, 0.15) is 0 Å². The minimum absolute atomic E-state index is 0.0359. The molecule has 0 fully saturated rings. The van der Waals surface area contributed by atoms with Gasteiger partial charge in [0.1, 0.15) is 6.61 Å². The third-order valence-electron chi connectivity index (χ3n) is 2.45. The number of rotatable bonds is 6. The molecule has 0 atom stereocenters. The van der Waals surface area contributed by atoms with E-state index in [2.05, 4.69) is 15.1 Å². The maximum Gasteiger partial charge on any atom is 0.415 e. The summed E-state index contributed by atoms with van der Waals surface area (Å²) < 4.78 is 34.2. The monoisotopic (exact) mass is 299 g/mol. The highest BCUT2D eigenvalue weighted by Gasteiger charge is 2.35. The van der Waals surface area contributed by atoms with Crippen LogP contribution in [0.15, 0.2) is 44.9 Å². The van der Waals surface area contributed by atoms with Crippen molar-refractivity contribution in [2.75, 3.05) is 20.2 Å². The summed E-state index contributed by atoms with van der Waals surface area (Å²) in [5, 5.41) is 17.0. The first-order chi connectivity index (χ1) is 9.57. The average molecular weight is 299 g/mol. The van der Waals surface area contributed by atoms with E-state index in [0.717, 1.165) is 0 Å². The third kappa shape index (κ3) is 2.73. The minimum atomic E-state index is -4.05. The van der Waals surface area contributed by atoms with E-state index in [1.807, 2.05) is 0 Å². The Bertz CT molecular complexity index is 669. The Morgan fingerprint density at radius 3 is 2.75 bits per heavy atom. The zero-order valence-electron chi connectivity index (χ0n) is 10.6. The van der Waals surface area contributed by atoms with Gasteiger partial charge >= 0.3 is 10.9 Å². The number of ether oxygens (including phenoxy) is 1.